The third-order valence-electron chi connectivity index (χ3n) is 5.34. The molecule has 13 heteroatoms. The summed E-state index contributed by atoms with van der Waals surface area (Å²) in [7, 11) is -4.82. The second-order valence-corrected chi connectivity index (χ2v) is 8.96. The smallest absolute Gasteiger partial charge is 0.359 e. The molecule has 2 aromatic heterocycles. The van der Waals surface area contributed by atoms with Crippen LogP contribution >= 0.6 is 7.60 Å². The summed E-state index contributed by atoms with van der Waals surface area (Å²) in [4.78, 5) is 35.9. The van der Waals surface area contributed by atoms with Crippen molar-refractivity contribution in [1.82, 2.24) is 14.1 Å². The van der Waals surface area contributed by atoms with Gasteiger partial charge in [0.15, 0.2) is 11.5 Å². The van der Waals surface area contributed by atoms with Gasteiger partial charge in [0.1, 0.15) is 11.3 Å². The largest absolute Gasteiger partial charge is 0.454 e. The zero-order valence-electron chi connectivity index (χ0n) is 16.6. The molecule has 0 saturated carbocycles. The minimum Gasteiger partial charge on any atom is -0.454 e. The third kappa shape index (κ3) is 3.56. The van der Waals surface area contributed by atoms with E-state index in [0.29, 0.717) is 22.4 Å². The van der Waals surface area contributed by atoms with Gasteiger partial charge in [-0.2, -0.15) is 0 Å². The molecule has 172 valence electrons. The Morgan fingerprint density at radius 2 is 1.94 bits per heavy atom. The van der Waals surface area contributed by atoms with Crippen LogP contribution in [-0.4, -0.2) is 37.1 Å². The molecule has 33 heavy (non-hydrogen) atoms. The van der Waals surface area contributed by atoms with E-state index in [9.17, 15) is 32.3 Å². The van der Waals surface area contributed by atoms with E-state index >= 15 is 0 Å². The van der Waals surface area contributed by atoms with Gasteiger partial charge >= 0.3 is 13.3 Å². The van der Waals surface area contributed by atoms with E-state index in [1.807, 2.05) is 0 Å². The van der Waals surface area contributed by atoms with Gasteiger partial charge in [0.05, 0.1) is 35.6 Å². The number of rotatable bonds is 5. The summed E-state index contributed by atoms with van der Waals surface area (Å²) >= 11 is 0. The fraction of sp³-hybridized carbons (Fsp3) is 0.200. The zero-order valence-corrected chi connectivity index (χ0v) is 17.5. The predicted octanol–water partition coefficient (Wildman–Crippen LogP) is 2.34. The second kappa shape index (κ2) is 7.62. The molecule has 1 aliphatic rings. The van der Waals surface area contributed by atoms with Gasteiger partial charge in [0, 0.05) is 5.39 Å². The minimum atomic E-state index is -4.82. The van der Waals surface area contributed by atoms with E-state index in [0.717, 1.165) is 16.7 Å². The first-order valence-corrected chi connectivity index (χ1v) is 11.2. The summed E-state index contributed by atoms with van der Waals surface area (Å²) in [5.74, 6) is -0.336. The molecule has 4 aromatic rings. The molecule has 0 spiro atoms. The van der Waals surface area contributed by atoms with Crippen molar-refractivity contribution >= 4 is 34.8 Å². The summed E-state index contributed by atoms with van der Waals surface area (Å²) in [6.07, 6.45) is -1.52. The van der Waals surface area contributed by atoms with Gasteiger partial charge in [-0.05, 0) is 29.8 Å². The highest BCUT2D eigenvalue weighted by Crippen LogP contribution is 2.40. The molecular weight excluding hydrogens is 466 g/mol. The van der Waals surface area contributed by atoms with E-state index in [1.54, 1.807) is 12.1 Å². The van der Waals surface area contributed by atoms with Gasteiger partial charge in [0.2, 0.25) is 6.79 Å². The Hall–Kier alpha value is -3.34. The van der Waals surface area contributed by atoms with Crippen LogP contribution in [0.25, 0.3) is 21.9 Å². The third-order valence-corrected chi connectivity index (χ3v) is 6.33. The van der Waals surface area contributed by atoms with Crippen LogP contribution < -0.4 is 20.5 Å². The van der Waals surface area contributed by atoms with Crippen LogP contribution in [0, 0.1) is 5.82 Å². The number of hydrogen-bond donors (Lipinski definition) is 2. The molecule has 0 amide bonds. The zero-order chi connectivity index (χ0) is 23.5. The molecular formula is C20H15F3N3O6P. The summed E-state index contributed by atoms with van der Waals surface area (Å²) < 4.78 is 65.0. The number of nitrogens with zero attached hydrogens (tertiary/aromatic N) is 3. The van der Waals surface area contributed by atoms with Crippen LogP contribution in [0.3, 0.4) is 0 Å². The Morgan fingerprint density at radius 3 is 2.64 bits per heavy atom. The van der Waals surface area contributed by atoms with Crippen LogP contribution in [0.2, 0.25) is 0 Å². The molecule has 2 aromatic carbocycles. The average molecular weight is 481 g/mol. The first-order chi connectivity index (χ1) is 15.6. The molecule has 5 rings (SSSR count). The van der Waals surface area contributed by atoms with Crippen molar-refractivity contribution in [3.63, 3.8) is 0 Å². The fourth-order valence-electron chi connectivity index (χ4n) is 3.96. The maximum absolute atomic E-state index is 14.3. The van der Waals surface area contributed by atoms with Gasteiger partial charge in [-0.3, -0.25) is 13.7 Å². The Labute approximate surface area is 182 Å². The molecule has 0 radical (unpaired) electrons. The van der Waals surface area contributed by atoms with Crippen molar-refractivity contribution in [1.29, 1.82) is 0 Å². The fourth-order valence-corrected chi connectivity index (χ4v) is 4.57. The van der Waals surface area contributed by atoms with Gasteiger partial charge in [-0.1, -0.05) is 6.07 Å². The molecule has 0 unspecified atom stereocenters. The number of halogens is 3. The number of ether oxygens (including phenoxy) is 2. The molecule has 0 atom stereocenters. The molecule has 0 bridgehead atoms. The lowest BCUT2D eigenvalue weighted by molar-refractivity contribution is 0.126. The van der Waals surface area contributed by atoms with Crippen molar-refractivity contribution in [3.8, 4) is 11.5 Å². The molecule has 1 aliphatic heterocycles. The number of fused-ring (bicyclic) bond motifs is 5. The van der Waals surface area contributed by atoms with Crippen LogP contribution in [0.1, 0.15) is 5.56 Å². The van der Waals surface area contributed by atoms with Gasteiger partial charge in [-0.15, -0.1) is 0 Å². The van der Waals surface area contributed by atoms with E-state index in [-0.39, 0.29) is 29.9 Å². The highest BCUT2D eigenvalue weighted by atomic mass is 31.2. The van der Waals surface area contributed by atoms with Crippen LogP contribution in [0.5, 0.6) is 11.5 Å². The molecule has 9 nitrogen and oxygen atoms in total. The van der Waals surface area contributed by atoms with Crippen LogP contribution in [-0.2, 0) is 17.7 Å². The molecule has 3 heterocycles. The van der Waals surface area contributed by atoms with Crippen molar-refractivity contribution in [2.24, 2.45) is 0 Å². The number of aromatic nitrogens is 3. The van der Waals surface area contributed by atoms with E-state index in [2.05, 4.69) is 4.98 Å². The van der Waals surface area contributed by atoms with E-state index in [4.69, 9.17) is 9.47 Å². The second-order valence-electron chi connectivity index (χ2n) is 7.39. The maximum atomic E-state index is 14.3. The van der Waals surface area contributed by atoms with Crippen molar-refractivity contribution in [3.05, 3.63) is 58.4 Å². The molecule has 0 aliphatic carbocycles. The van der Waals surface area contributed by atoms with E-state index < -0.39 is 37.4 Å². The highest BCUT2D eigenvalue weighted by molar-refractivity contribution is 7.60. The lowest BCUT2D eigenvalue weighted by Crippen LogP contribution is -2.27. The summed E-state index contributed by atoms with van der Waals surface area (Å²) in [6, 6.07) is 6.33. The maximum Gasteiger partial charge on any atom is 0.359 e. The molecule has 0 saturated heterocycles. The standard InChI is InChI=1S/C20H15F3N3O6P/c21-12-5-10(1-4-15(12)33(28,29)30)7-26-18-11-2-3-14-19(32-9-31-14)17(11)24-6-13(18)25(20(26)27)8-16(22)23/h1-6,16H,7-9H2,(H2,28,29,30). The van der Waals surface area contributed by atoms with Gasteiger partial charge < -0.3 is 19.3 Å². The van der Waals surface area contributed by atoms with Crippen molar-refractivity contribution in [2.75, 3.05) is 6.79 Å². The number of benzene rings is 2. The predicted molar refractivity (Wildman–Crippen MR) is 111 cm³/mol. The van der Waals surface area contributed by atoms with E-state index in [1.165, 1.54) is 16.8 Å². The van der Waals surface area contributed by atoms with Crippen LogP contribution in [0.15, 0.2) is 41.3 Å². The first-order valence-electron chi connectivity index (χ1n) is 9.58. The topological polar surface area (TPSA) is 116 Å². The SMILES string of the molecule is O=c1n(CC(F)F)c2cnc3c4c(ccc3c2n1Cc1ccc(P(=O)(O)O)c(F)c1)OCO4. The molecule has 2 N–H and O–H groups in total. The van der Waals surface area contributed by atoms with Crippen LogP contribution in [0.4, 0.5) is 13.2 Å². The van der Waals surface area contributed by atoms with Gasteiger partial charge in [0.25, 0.3) is 6.43 Å². The highest BCUT2D eigenvalue weighted by Gasteiger charge is 2.25. The summed E-state index contributed by atoms with van der Waals surface area (Å²) in [6.45, 7) is -1.12. The first kappa shape index (κ1) is 21.5. The normalized spacial score (nSPS) is 13.5. The summed E-state index contributed by atoms with van der Waals surface area (Å²) in [5, 5.41) is -0.338. The Bertz CT molecular complexity index is 1530. The molecule has 0 fully saturated rings. The Kier molecular flexibility index (Phi) is 4.96. The number of hydrogen-bond acceptors (Lipinski definition) is 5. The van der Waals surface area contributed by atoms with Crippen molar-refractivity contribution < 1.29 is 37.0 Å². The summed E-state index contributed by atoms with van der Waals surface area (Å²) in [5.41, 5.74) is 0.233. The lowest BCUT2D eigenvalue weighted by atomic mass is 10.1. The van der Waals surface area contributed by atoms with Gasteiger partial charge in [-0.25, -0.2) is 22.9 Å². The monoisotopic (exact) mass is 481 g/mol. The average Bonchev–Trinajstić information content (AvgIpc) is 3.31. The number of pyridine rings is 1. The quantitative estimate of drug-likeness (QED) is 0.421. The lowest BCUT2D eigenvalue weighted by Gasteiger charge is -2.10. The number of imidazole rings is 1. The Balaban J connectivity index is 1.74. The van der Waals surface area contributed by atoms with Crippen molar-refractivity contribution in [2.45, 2.75) is 19.5 Å². The minimum absolute atomic E-state index is 0.0153. The number of alkyl halides is 2. The Morgan fingerprint density at radius 1 is 1.15 bits per heavy atom.